The van der Waals surface area contributed by atoms with Crippen LogP contribution in [0.3, 0.4) is 0 Å². The van der Waals surface area contributed by atoms with Crippen LogP contribution in [-0.2, 0) is 17.6 Å². The molecule has 2 heterocycles. The van der Waals surface area contributed by atoms with Crippen molar-refractivity contribution in [3.63, 3.8) is 0 Å². The lowest BCUT2D eigenvalue weighted by molar-refractivity contribution is -0.120. The Kier molecular flexibility index (Phi) is 5.05. The van der Waals surface area contributed by atoms with Gasteiger partial charge in [-0.15, -0.1) is 0 Å². The van der Waals surface area contributed by atoms with Crippen LogP contribution < -0.4 is 4.90 Å². The SMILES string of the molecule is O=C(CN1CC[C@@H](O)[C@H](Cc2ccccc2)C1)N1CCc2ccccc21. The predicted molar refractivity (Wildman–Crippen MR) is 103 cm³/mol. The molecule has 0 aromatic heterocycles. The highest BCUT2D eigenvalue weighted by Gasteiger charge is 2.31. The molecule has 136 valence electrons. The zero-order chi connectivity index (χ0) is 17.9. The number of fused-ring (bicyclic) bond motifs is 1. The Hall–Kier alpha value is -2.17. The molecule has 1 N–H and O–H groups in total. The zero-order valence-corrected chi connectivity index (χ0v) is 15.1. The van der Waals surface area contributed by atoms with E-state index < -0.39 is 0 Å². The van der Waals surface area contributed by atoms with Crippen LogP contribution in [0.15, 0.2) is 54.6 Å². The van der Waals surface area contributed by atoms with Gasteiger partial charge in [0.05, 0.1) is 12.6 Å². The summed E-state index contributed by atoms with van der Waals surface area (Å²) in [6.07, 6.45) is 2.26. The van der Waals surface area contributed by atoms with Gasteiger partial charge in [0.15, 0.2) is 0 Å². The minimum atomic E-state index is -0.283. The highest BCUT2D eigenvalue weighted by molar-refractivity contribution is 5.96. The molecule has 0 aliphatic carbocycles. The van der Waals surface area contributed by atoms with E-state index in [2.05, 4.69) is 23.1 Å². The molecule has 1 saturated heterocycles. The fourth-order valence-electron chi connectivity index (χ4n) is 4.23. The summed E-state index contributed by atoms with van der Waals surface area (Å²) in [6, 6.07) is 18.5. The summed E-state index contributed by atoms with van der Waals surface area (Å²) >= 11 is 0. The lowest BCUT2D eigenvalue weighted by Gasteiger charge is -2.36. The van der Waals surface area contributed by atoms with Gasteiger partial charge in [-0.05, 0) is 36.5 Å². The van der Waals surface area contributed by atoms with Crippen LogP contribution >= 0.6 is 0 Å². The van der Waals surface area contributed by atoms with Gasteiger partial charge < -0.3 is 10.0 Å². The van der Waals surface area contributed by atoms with Crippen LogP contribution in [-0.4, -0.2) is 48.2 Å². The van der Waals surface area contributed by atoms with E-state index in [-0.39, 0.29) is 17.9 Å². The summed E-state index contributed by atoms with van der Waals surface area (Å²) in [5, 5.41) is 10.4. The number of aliphatic hydroxyl groups is 1. The normalized spacial score (nSPS) is 23.0. The summed E-state index contributed by atoms with van der Waals surface area (Å²) in [4.78, 5) is 17.0. The molecule has 26 heavy (non-hydrogen) atoms. The molecule has 0 unspecified atom stereocenters. The molecule has 2 aliphatic rings. The number of para-hydroxylation sites is 1. The maximum atomic E-state index is 12.8. The molecular weight excluding hydrogens is 324 g/mol. The lowest BCUT2D eigenvalue weighted by atomic mass is 9.88. The number of amides is 1. The van der Waals surface area contributed by atoms with Gasteiger partial charge in [-0.3, -0.25) is 9.69 Å². The second-order valence-electron chi connectivity index (χ2n) is 7.47. The van der Waals surface area contributed by atoms with Gasteiger partial charge in [0, 0.05) is 31.2 Å². The molecule has 4 heteroatoms. The van der Waals surface area contributed by atoms with Gasteiger partial charge in [-0.2, -0.15) is 0 Å². The van der Waals surface area contributed by atoms with E-state index >= 15 is 0 Å². The van der Waals surface area contributed by atoms with E-state index in [1.54, 1.807) is 0 Å². The van der Waals surface area contributed by atoms with E-state index in [0.29, 0.717) is 6.54 Å². The molecule has 2 aromatic carbocycles. The van der Waals surface area contributed by atoms with Crippen molar-refractivity contribution < 1.29 is 9.90 Å². The fourth-order valence-corrected chi connectivity index (χ4v) is 4.23. The highest BCUT2D eigenvalue weighted by Crippen LogP contribution is 2.28. The van der Waals surface area contributed by atoms with Crippen molar-refractivity contribution >= 4 is 11.6 Å². The third-order valence-corrected chi connectivity index (χ3v) is 5.67. The van der Waals surface area contributed by atoms with Gasteiger partial charge in [-0.25, -0.2) is 0 Å². The molecular formula is C22H26N2O2. The summed E-state index contributed by atoms with van der Waals surface area (Å²) in [6.45, 7) is 2.78. The van der Waals surface area contributed by atoms with E-state index in [9.17, 15) is 9.90 Å². The summed E-state index contributed by atoms with van der Waals surface area (Å²) in [5.41, 5.74) is 3.57. The quantitative estimate of drug-likeness (QED) is 0.921. The number of likely N-dealkylation sites (tertiary alicyclic amines) is 1. The largest absolute Gasteiger partial charge is 0.393 e. The molecule has 0 spiro atoms. The number of hydrogen-bond donors (Lipinski definition) is 1. The molecule has 0 radical (unpaired) electrons. The number of hydrogen-bond acceptors (Lipinski definition) is 3. The summed E-state index contributed by atoms with van der Waals surface area (Å²) < 4.78 is 0. The Morgan fingerprint density at radius 2 is 1.81 bits per heavy atom. The third kappa shape index (κ3) is 3.67. The van der Waals surface area contributed by atoms with Crippen LogP contribution in [0.5, 0.6) is 0 Å². The van der Waals surface area contributed by atoms with Crippen molar-refractivity contribution in [2.45, 2.75) is 25.4 Å². The van der Waals surface area contributed by atoms with Crippen LogP contribution in [0, 0.1) is 5.92 Å². The number of anilines is 1. The van der Waals surface area contributed by atoms with Crippen LogP contribution in [0.4, 0.5) is 5.69 Å². The molecule has 1 fully saturated rings. The second-order valence-corrected chi connectivity index (χ2v) is 7.47. The smallest absolute Gasteiger partial charge is 0.241 e. The van der Waals surface area contributed by atoms with E-state index in [0.717, 1.165) is 44.6 Å². The first-order valence-corrected chi connectivity index (χ1v) is 9.53. The Morgan fingerprint density at radius 1 is 1.04 bits per heavy atom. The zero-order valence-electron chi connectivity index (χ0n) is 15.1. The Bertz CT molecular complexity index is 762. The van der Waals surface area contributed by atoms with Crippen molar-refractivity contribution in [1.29, 1.82) is 0 Å². The Labute approximate surface area is 155 Å². The molecule has 2 atom stereocenters. The number of rotatable bonds is 4. The number of aliphatic hydroxyl groups excluding tert-OH is 1. The van der Waals surface area contributed by atoms with Crippen molar-refractivity contribution in [2.24, 2.45) is 5.92 Å². The van der Waals surface area contributed by atoms with Gasteiger partial charge in [0.2, 0.25) is 5.91 Å². The van der Waals surface area contributed by atoms with Crippen LogP contribution in [0.25, 0.3) is 0 Å². The van der Waals surface area contributed by atoms with Gasteiger partial charge in [0.25, 0.3) is 0 Å². The first-order valence-electron chi connectivity index (χ1n) is 9.53. The van der Waals surface area contributed by atoms with Crippen molar-refractivity contribution in [1.82, 2.24) is 4.90 Å². The van der Waals surface area contributed by atoms with Gasteiger partial charge in [-0.1, -0.05) is 48.5 Å². The molecule has 2 aliphatic heterocycles. The lowest BCUT2D eigenvalue weighted by Crippen LogP contribution is -2.48. The second kappa shape index (κ2) is 7.60. The number of piperidine rings is 1. The number of benzene rings is 2. The molecule has 0 bridgehead atoms. The average molecular weight is 350 g/mol. The first-order chi connectivity index (χ1) is 12.7. The molecule has 4 rings (SSSR count). The Morgan fingerprint density at radius 3 is 2.65 bits per heavy atom. The first kappa shape index (κ1) is 17.3. The van der Waals surface area contributed by atoms with Crippen LogP contribution in [0.1, 0.15) is 17.5 Å². The van der Waals surface area contributed by atoms with Crippen molar-refractivity contribution in [2.75, 3.05) is 31.1 Å². The predicted octanol–water partition coefficient (Wildman–Crippen LogP) is 2.50. The molecule has 0 saturated carbocycles. The van der Waals surface area contributed by atoms with Crippen molar-refractivity contribution in [3.05, 3.63) is 65.7 Å². The van der Waals surface area contributed by atoms with E-state index in [4.69, 9.17) is 0 Å². The summed E-state index contributed by atoms with van der Waals surface area (Å²) in [7, 11) is 0. The molecule has 2 aromatic rings. The fraction of sp³-hybridized carbons (Fsp3) is 0.409. The maximum Gasteiger partial charge on any atom is 0.241 e. The minimum Gasteiger partial charge on any atom is -0.393 e. The van der Waals surface area contributed by atoms with Gasteiger partial charge >= 0.3 is 0 Å². The molecule has 1 amide bonds. The van der Waals surface area contributed by atoms with Crippen molar-refractivity contribution in [3.8, 4) is 0 Å². The Balaban J connectivity index is 1.38. The number of carbonyl (C=O) groups excluding carboxylic acids is 1. The standard InChI is InChI=1S/C22H26N2O2/c25-21-11-12-23(15-19(21)14-17-6-2-1-3-7-17)16-22(26)24-13-10-18-8-4-5-9-20(18)24/h1-9,19,21,25H,10-16H2/t19-,21-/m1/s1. The van der Waals surface area contributed by atoms with E-state index in [1.807, 2.05) is 41.3 Å². The summed E-state index contributed by atoms with van der Waals surface area (Å²) in [5.74, 6) is 0.356. The topological polar surface area (TPSA) is 43.8 Å². The maximum absolute atomic E-state index is 12.8. The molecule has 4 nitrogen and oxygen atoms in total. The van der Waals surface area contributed by atoms with Gasteiger partial charge in [0.1, 0.15) is 0 Å². The number of carbonyl (C=O) groups is 1. The average Bonchev–Trinajstić information content (AvgIpc) is 3.09. The number of nitrogens with zero attached hydrogens (tertiary/aromatic N) is 2. The monoisotopic (exact) mass is 350 g/mol. The minimum absolute atomic E-state index is 0.171. The third-order valence-electron chi connectivity index (χ3n) is 5.67. The van der Waals surface area contributed by atoms with Crippen LogP contribution in [0.2, 0.25) is 0 Å². The highest BCUT2D eigenvalue weighted by atomic mass is 16.3. The van der Waals surface area contributed by atoms with E-state index in [1.165, 1.54) is 11.1 Å².